The molecule has 0 bridgehead atoms. The summed E-state index contributed by atoms with van der Waals surface area (Å²) in [7, 11) is 0. The Balaban J connectivity index is 2.23. The highest BCUT2D eigenvalue weighted by atomic mass is 35.5. The van der Waals surface area contributed by atoms with Gasteiger partial charge in [0.05, 0.1) is 10.7 Å². The zero-order valence-electron chi connectivity index (χ0n) is 14.3. The molecule has 5 heteroatoms. The molecular weight excluding hydrogens is 345 g/mol. The van der Waals surface area contributed by atoms with Crippen LogP contribution in [0.1, 0.15) is 76.7 Å². The maximum absolute atomic E-state index is 12.0. The number of rotatable bonds is 12. The summed E-state index contributed by atoms with van der Waals surface area (Å²) in [6, 6.07) is 2.96. The van der Waals surface area contributed by atoms with Crippen LogP contribution in [0.15, 0.2) is 12.1 Å². The molecule has 0 atom stereocenters. The highest BCUT2D eigenvalue weighted by Gasteiger charge is 2.11. The molecule has 3 nitrogen and oxygen atoms in total. The second kappa shape index (κ2) is 12.3. The maximum atomic E-state index is 12.0. The van der Waals surface area contributed by atoms with Crippen molar-refractivity contribution in [1.29, 1.82) is 0 Å². The molecule has 0 aliphatic carbocycles. The van der Waals surface area contributed by atoms with Gasteiger partial charge in [-0.3, -0.25) is 9.59 Å². The Morgan fingerprint density at radius 2 is 1.58 bits per heavy atom. The van der Waals surface area contributed by atoms with Crippen LogP contribution in [0.5, 0.6) is 0 Å². The lowest BCUT2D eigenvalue weighted by Crippen LogP contribution is -2.12. The summed E-state index contributed by atoms with van der Waals surface area (Å²) < 4.78 is 0. The topological polar surface area (TPSA) is 46.2 Å². The molecule has 0 aliphatic heterocycles. The van der Waals surface area contributed by atoms with E-state index in [9.17, 15) is 9.59 Å². The number of benzene rings is 1. The van der Waals surface area contributed by atoms with Crippen LogP contribution in [0, 0.1) is 0 Å². The van der Waals surface area contributed by atoms with Crippen LogP contribution in [0.2, 0.25) is 10.0 Å². The molecule has 1 aromatic carbocycles. The molecule has 0 aromatic heterocycles. The van der Waals surface area contributed by atoms with Gasteiger partial charge in [-0.15, -0.1) is 0 Å². The van der Waals surface area contributed by atoms with Gasteiger partial charge in [0.2, 0.25) is 12.2 Å². The van der Waals surface area contributed by atoms with Gasteiger partial charge in [-0.1, -0.05) is 81.5 Å². The number of hydrogen-bond donors (Lipinski definition) is 1. The van der Waals surface area contributed by atoms with E-state index in [-0.39, 0.29) is 16.5 Å². The van der Waals surface area contributed by atoms with E-state index in [1.165, 1.54) is 51.0 Å². The molecule has 1 rings (SSSR count). The molecule has 0 fully saturated rings. The summed E-state index contributed by atoms with van der Waals surface area (Å²) in [5.41, 5.74) is 0.519. The molecule has 1 amide bonds. The molecule has 0 saturated carbocycles. The van der Waals surface area contributed by atoms with E-state index in [0.717, 1.165) is 12.8 Å². The standard InChI is InChI=1S/C19H26Cl2NO2/c1-2-3-4-5-6-7-8-9-10-11-18(24)22-17-13-16(20)12-15(14-23)19(17)21/h12-13H,2-11H2,1H3,(H,22,24). The molecule has 24 heavy (non-hydrogen) atoms. The predicted octanol–water partition coefficient (Wildman–Crippen LogP) is 6.31. The van der Waals surface area contributed by atoms with E-state index >= 15 is 0 Å². The lowest BCUT2D eigenvalue weighted by molar-refractivity contribution is -0.116. The second-order valence-electron chi connectivity index (χ2n) is 6.04. The van der Waals surface area contributed by atoms with E-state index in [4.69, 9.17) is 23.2 Å². The fourth-order valence-corrected chi connectivity index (χ4v) is 2.98. The number of amides is 1. The van der Waals surface area contributed by atoms with Gasteiger partial charge in [0, 0.05) is 17.0 Å². The highest BCUT2D eigenvalue weighted by molar-refractivity contribution is 6.38. The van der Waals surface area contributed by atoms with Gasteiger partial charge in [-0.25, -0.2) is 0 Å². The van der Waals surface area contributed by atoms with Crippen molar-refractivity contribution in [3.8, 4) is 0 Å². The van der Waals surface area contributed by atoms with E-state index in [2.05, 4.69) is 12.2 Å². The Morgan fingerprint density at radius 3 is 2.17 bits per heavy atom. The molecule has 0 aliphatic rings. The molecule has 0 unspecified atom stereocenters. The quantitative estimate of drug-likeness (QED) is 0.438. The number of carbonyl (C=O) groups is 1. The zero-order chi connectivity index (χ0) is 17.8. The van der Waals surface area contributed by atoms with Gasteiger partial charge in [0.15, 0.2) is 0 Å². The van der Waals surface area contributed by atoms with Gasteiger partial charge >= 0.3 is 0 Å². The number of nitrogens with one attached hydrogen (secondary N) is 1. The van der Waals surface area contributed by atoms with Crippen molar-refractivity contribution in [3.63, 3.8) is 0 Å². The number of carbonyl (C=O) groups excluding carboxylic acids is 2. The Kier molecular flexibility index (Phi) is 10.8. The van der Waals surface area contributed by atoms with Crippen LogP contribution in [-0.4, -0.2) is 12.2 Å². The summed E-state index contributed by atoms with van der Waals surface area (Å²) in [4.78, 5) is 22.8. The molecular formula is C19H26Cl2NO2. The van der Waals surface area contributed by atoms with Crippen LogP contribution in [0.3, 0.4) is 0 Å². The van der Waals surface area contributed by atoms with E-state index in [1.54, 1.807) is 12.4 Å². The SMILES string of the molecule is CCCCCCCCCCCC(=O)Nc1cc(Cl)cc([C]=O)c1Cl. The molecule has 1 N–H and O–H groups in total. The van der Waals surface area contributed by atoms with Gasteiger partial charge in [-0.05, 0) is 18.6 Å². The van der Waals surface area contributed by atoms with Crippen LogP contribution < -0.4 is 5.32 Å². The first kappa shape index (κ1) is 21.0. The summed E-state index contributed by atoms with van der Waals surface area (Å²) in [5.74, 6) is -0.112. The van der Waals surface area contributed by atoms with Crippen molar-refractivity contribution in [2.24, 2.45) is 0 Å². The minimum absolute atomic E-state index is 0.112. The second-order valence-corrected chi connectivity index (χ2v) is 6.86. The van der Waals surface area contributed by atoms with Crippen molar-refractivity contribution in [2.75, 3.05) is 5.32 Å². The average Bonchev–Trinajstić information content (AvgIpc) is 2.56. The monoisotopic (exact) mass is 370 g/mol. The highest BCUT2D eigenvalue weighted by Crippen LogP contribution is 2.29. The van der Waals surface area contributed by atoms with Crippen LogP contribution in [0.25, 0.3) is 0 Å². The lowest BCUT2D eigenvalue weighted by atomic mass is 10.1. The Hall–Kier alpha value is -1.06. The van der Waals surface area contributed by atoms with Gasteiger partial charge in [-0.2, -0.15) is 0 Å². The Bertz CT molecular complexity index is 532. The molecule has 133 valence electrons. The average molecular weight is 371 g/mol. The first-order valence-corrected chi connectivity index (χ1v) is 9.51. The minimum atomic E-state index is -0.112. The van der Waals surface area contributed by atoms with Crippen LogP contribution >= 0.6 is 23.2 Å². The third-order valence-electron chi connectivity index (χ3n) is 3.93. The van der Waals surface area contributed by atoms with E-state index in [0.29, 0.717) is 17.1 Å². The molecule has 0 heterocycles. The molecule has 0 saturated heterocycles. The van der Waals surface area contributed by atoms with Gasteiger partial charge < -0.3 is 5.32 Å². The van der Waals surface area contributed by atoms with Crippen molar-refractivity contribution in [1.82, 2.24) is 0 Å². The Labute approximate surface area is 155 Å². The minimum Gasteiger partial charge on any atom is -0.325 e. The van der Waals surface area contributed by atoms with Gasteiger partial charge in [0.25, 0.3) is 0 Å². The van der Waals surface area contributed by atoms with E-state index < -0.39 is 0 Å². The number of anilines is 1. The normalized spacial score (nSPS) is 10.6. The van der Waals surface area contributed by atoms with E-state index in [1.807, 2.05) is 0 Å². The maximum Gasteiger partial charge on any atom is 0.235 e. The smallest absolute Gasteiger partial charge is 0.235 e. The largest absolute Gasteiger partial charge is 0.325 e. The molecule has 1 radical (unpaired) electrons. The number of unbranched alkanes of at least 4 members (excludes halogenated alkanes) is 8. The first-order valence-electron chi connectivity index (χ1n) is 8.75. The summed E-state index contributed by atoms with van der Waals surface area (Å²) >= 11 is 11.9. The first-order chi connectivity index (χ1) is 11.6. The fraction of sp³-hybridized carbons (Fsp3) is 0.579. The lowest BCUT2D eigenvalue weighted by Gasteiger charge is -2.09. The third-order valence-corrected chi connectivity index (χ3v) is 4.55. The summed E-state index contributed by atoms with van der Waals surface area (Å²) in [6.07, 6.45) is 13.0. The van der Waals surface area contributed by atoms with Gasteiger partial charge in [0.1, 0.15) is 0 Å². The number of hydrogen-bond acceptors (Lipinski definition) is 2. The van der Waals surface area contributed by atoms with Crippen molar-refractivity contribution in [2.45, 2.75) is 71.1 Å². The fourth-order valence-electron chi connectivity index (χ4n) is 2.56. The molecule has 0 spiro atoms. The Morgan fingerprint density at radius 1 is 1.00 bits per heavy atom. The summed E-state index contributed by atoms with van der Waals surface area (Å²) in [5, 5.41) is 3.24. The summed E-state index contributed by atoms with van der Waals surface area (Å²) in [6.45, 7) is 2.22. The van der Waals surface area contributed by atoms with Crippen molar-refractivity contribution < 1.29 is 9.59 Å². The number of halogens is 2. The van der Waals surface area contributed by atoms with Crippen molar-refractivity contribution >= 4 is 41.1 Å². The zero-order valence-corrected chi connectivity index (χ0v) is 15.8. The third kappa shape index (κ3) is 8.16. The van der Waals surface area contributed by atoms with Crippen molar-refractivity contribution in [3.05, 3.63) is 27.7 Å². The predicted molar refractivity (Wildman–Crippen MR) is 102 cm³/mol. The van der Waals surface area contributed by atoms with Crippen LogP contribution in [0.4, 0.5) is 5.69 Å². The van der Waals surface area contributed by atoms with Crippen LogP contribution in [-0.2, 0) is 9.59 Å². The molecule has 1 aromatic rings.